The Balaban J connectivity index is 1.61. The first-order valence-corrected chi connectivity index (χ1v) is 7.49. The van der Waals surface area contributed by atoms with E-state index in [1.54, 1.807) is 18.3 Å². The fraction of sp³-hybridized carbons (Fsp3) is 0.600. The first kappa shape index (κ1) is 13.4. The van der Waals surface area contributed by atoms with E-state index in [2.05, 4.69) is 9.88 Å². The molecule has 2 fully saturated rings. The second kappa shape index (κ2) is 5.79. The van der Waals surface area contributed by atoms with Gasteiger partial charge in [0.05, 0.1) is 5.56 Å². The smallest absolute Gasteiger partial charge is 0.255 e. The van der Waals surface area contributed by atoms with Crippen LogP contribution in [-0.2, 0) is 0 Å². The molecule has 2 aliphatic heterocycles. The molecule has 0 unspecified atom stereocenters. The van der Waals surface area contributed by atoms with Crippen molar-refractivity contribution in [2.24, 2.45) is 0 Å². The van der Waals surface area contributed by atoms with Gasteiger partial charge in [0.15, 0.2) is 0 Å². The normalized spacial score (nSPS) is 24.0. The van der Waals surface area contributed by atoms with E-state index < -0.39 is 0 Å². The highest BCUT2D eigenvalue weighted by Crippen LogP contribution is 2.21. The Morgan fingerprint density at radius 2 is 2.00 bits per heavy atom. The molecule has 5 heteroatoms. The quantitative estimate of drug-likeness (QED) is 0.884. The van der Waals surface area contributed by atoms with Crippen LogP contribution < -0.4 is 5.73 Å². The summed E-state index contributed by atoms with van der Waals surface area (Å²) in [4.78, 5) is 20.9. The number of hydrogen-bond donors (Lipinski definition) is 1. The van der Waals surface area contributed by atoms with Gasteiger partial charge in [0.1, 0.15) is 5.82 Å². The SMILES string of the molecule is Nc1ccc(C(=O)N2CC[C@H](N3CCCCC3)C2)cn1. The van der Waals surface area contributed by atoms with Crippen molar-refractivity contribution in [1.82, 2.24) is 14.8 Å². The molecule has 3 heterocycles. The van der Waals surface area contributed by atoms with Crippen molar-refractivity contribution in [3.63, 3.8) is 0 Å². The van der Waals surface area contributed by atoms with E-state index in [0.29, 0.717) is 17.4 Å². The van der Waals surface area contributed by atoms with Gasteiger partial charge in [-0.3, -0.25) is 9.69 Å². The third-order valence-electron chi connectivity index (χ3n) is 4.39. The number of carbonyl (C=O) groups is 1. The van der Waals surface area contributed by atoms with Crippen molar-refractivity contribution in [2.75, 3.05) is 31.9 Å². The van der Waals surface area contributed by atoms with Gasteiger partial charge in [0.2, 0.25) is 0 Å². The van der Waals surface area contributed by atoms with Gasteiger partial charge < -0.3 is 10.6 Å². The molecule has 1 aromatic heterocycles. The summed E-state index contributed by atoms with van der Waals surface area (Å²) in [5, 5.41) is 0. The highest BCUT2D eigenvalue weighted by molar-refractivity contribution is 5.94. The molecule has 3 rings (SSSR count). The second-order valence-electron chi connectivity index (χ2n) is 5.76. The molecule has 0 aromatic carbocycles. The summed E-state index contributed by atoms with van der Waals surface area (Å²) >= 11 is 0. The van der Waals surface area contributed by atoms with Gasteiger partial charge >= 0.3 is 0 Å². The summed E-state index contributed by atoms with van der Waals surface area (Å²) in [7, 11) is 0. The summed E-state index contributed by atoms with van der Waals surface area (Å²) in [5.41, 5.74) is 6.19. The van der Waals surface area contributed by atoms with Crippen molar-refractivity contribution < 1.29 is 4.79 Å². The van der Waals surface area contributed by atoms with Gasteiger partial charge in [-0.05, 0) is 44.5 Å². The Labute approximate surface area is 119 Å². The minimum Gasteiger partial charge on any atom is -0.384 e. The topological polar surface area (TPSA) is 62.5 Å². The van der Waals surface area contributed by atoms with Crippen LogP contribution in [0.15, 0.2) is 18.3 Å². The highest BCUT2D eigenvalue weighted by Gasteiger charge is 2.31. The molecule has 2 aliphatic rings. The lowest BCUT2D eigenvalue weighted by molar-refractivity contribution is 0.0771. The minimum atomic E-state index is 0.0806. The van der Waals surface area contributed by atoms with Crippen LogP contribution in [-0.4, -0.2) is 52.9 Å². The third-order valence-corrected chi connectivity index (χ3v) is 4.39. The average Bonchev–Trinajstić information content (AvgIpc) is 2.98. The highest BCUT2D eigenvalue weighted by atomic mass is 16.2. The number of rotatable bonds is 2. The number of pyridine rings is 1. The van der Waals surface area contributed by atoms with Crippen LogP contribution in [0.1, 0.15) is 36.0 Å². The fourth-order valence-corrected chi connectivity index (χ4v) is 3.22. The van der Waals surface area contributed by atoms with Gasteiger partial charge in [-0.1, -0.05) is 6.42 Å². The van der Waals surface area contributed by atoms with E-state index in [1.807, 2.05) is 4.90 Å². The van der Waals surface area contributed by atoms with Crippen molar-refractivity contribution in [3.05, 3.63) is 23.9 Å². The number of nitrogens with two attached hydrogens (primary N) is 1. The molecule has 1 aromatic rings. The van der Waals surface area contributed by atoms with E-state index in [9.17, 15) is 4.79 Å². The summed E-state index contributed by atoms with van der Waals surface area (Å²) in [6, 6.07) is 3.99. The molecule has 1 amide bonds. The molecule has 5 nitrogen and oxygen atoms in total. The maximum Gasteiger partial charge on any atom is 0.255 e. The van der Waals surface area contributed by atoms with Crippen LogP contribution in [0.25, 0.3) is 0 Å². The number of hydrogen-bond acceptors (Lipinski definition) is 4. The summed E-state index contributed by atoms with van der Waals surface area (Å²) in [6.07, 6.45) is 6.61. The number of amides is 1. The lowest BCUT2D eigenvalue weighted by atomic mass is 10.1. The van der Waals surface area contributed by atoms with Crippen molar-refractivity contribution >= 4 is 11.7 Å². The first-order valence-electron chi connectivity index (χ1n) is 7.49. The Bertz CT molecular complexity index is 467. The van der Waals surface area contributed by atoms with Crippen LogP contribution >= 0.6 is 0 Å². The zero-order valence-corrected chi connectivity index (χ0v) is 11.8. The van der Waals surface area contributed by atoms with Crippen LogP contribution in [0.4, 0.5) is 5.82 Å². The lowest BCUT2D eigenvalue weighted by Gasteiger charge is -2.32. The summed E-state index contributed by atoms with van der Waals surface area (Å²) in [6.45, 7) is 4.08. The monoisotopic (exact) mass is 274 g/mol. The molecule has 0 bridgehead atoms. The predicted molar refractivity (Wildman–Crippen MR) is 78.4 cm³/mol. The molecule has 1 atom stereocenters. The second-order valence-corrected chi connectivity index (χ2v) is 5.76. The van der Waals surface area contributed by atoms with Crippen molar-refractivity contribution in [3.8, 4) is 0 Å². The average molecular weight is 274 g/mol. The van der Waals surface area contributed by atoms with Gasteiger partial charge in [-0.25, -0.2) is 4.98 Å². The number of aromatic nitrogens is 1. The molecule has 0 aliphatic carbocycles. The van der Waals surface area contributed by atoms with Crippen LogP contribution in [0, 0.1) is 0 Å². The van der Waals surface area contributed by atoms with Crippen LogP contribution in [0.2, 0.25) is 0 Å². The van der Waals surface area contributed by atoms with E-state index in [1.165, 1.54) is 32.4 Å². The van der Waals surface area contributed by atoms with E-state index in [-0.39, 0.29) is 5.91 Å². The van der Waals surface area contributed by atoms with E-state index in [4.69, 9.17) is 5.73 Å². The zero-order valence-electron chi connectivity index (χ0n) is 11.8. The van der Waals surface area contributed by atoms with Crippen LogP contribution in [0.3, 0.4) is 0 Å². The third kappa shape index (κ3) is 2.77. The largest absolute Gasteiger partial charge is 0.384 e. The standard InChI is InChI=1S/C15H22N4O/c16-14-5-4-12(10-17-14)15(20)19-9-6-13(11-19)18-7-2-1-3-8-18/h4-5,10,13H,1-3,6-9,11H2,(H2,16,17)/t13-/m0/s1. The Morgan fingerprint density at radius 3 is 2.70 bits per heavy atom. The zero-order chi connectivity index (χ0) is 13.9. The summed E-state index contributed by atoms with van der Waals surface area (Å²) < 4.78 is 0. The van der Waals surface area contributed by atoms with Crippen molar-refractivity contribution in [1.29, 1.82) is 0 Å². The number of likely N-dealkylation sites (tertiary alicyclic amines) is 2. The number of carbonyl (C=O) groups excluding carboxylic acids is 1. The van der Waals surface area contributed by atoms with Gasteiger partial charge in [-0.15, -0.1) is 0 Å². The molecular formula is C15H22N4O. The lowest BCUT2D eigenvalue weighted by Crippen LogP contribution is -2.41. The predicted octanol–water partition coefficient (Wildman–Crippen LogP) is 1.36. The maximum absolute atomic E-state index is 12.4. The number of piperidine rings is 1. The Morgan fingerprint density at radius 1 is 1.20 bits per heavy atom. The molecule has 108 valence electrons. The molecule has 20 heavy (non-hydrogen) atoms. The van der Waals surface area contributed by atoms with Gasteiger partial charge in [-0.2, -0.15) is 0 Å². The Hall–Kier alpha value is -1.62. The van der Waals surface area contributed by atoms with E-state index >= 15 is 0 Å². The van der Waals surface area contributed by atoms with E-state index in [0.717, 1.165) is 19.5 Å². The first-order chi connectivity index (χ1) is 9.74. The van der Waals surface area contributed by atoms with Gasteiger partial charge in [0.25, 0.3) is 5.91 Å². The van der Waals surface area contributed by atoms with Gasteiger partial charge in [0, 0.05) is 25.3 Å². The van der Waals surface area contributed by atoms with Crippen molar-refractivity contribution in [2.45, 2.75) is 31.7 Å². The molecule has 0 saturated carbocycles. The molecule has 2 N–H and O–H groups in total. The number of anilines is 1. The number of nitrogens with zero attached hydrogens (tertiary/aromatic N) is 3. The minimum absolute atomic E-state index is 0.0806. The molecule has 0 radical (unpaired) electrons. The maximum atomic E-state index is 12.4. The van der Waals surface area contributed by atoms with Crippen LogP contribution in [0.5, 0.6) is 0 Å². The fourth-order valence-electron chi connectivity index (χ4n) is 3.22. The Kier molecular flexibility index (Phi) is 3.87. The molecule has 2 saturated heterocycles. The molecule has 0 spiro atoms. The summed E-state index contributed by atoms with van der Waals surface area (Å²) in [5.74, 6) is 0.533. The number of nitrogen functional groups attached to an aromatic ring is 1. The molecular weight excluding hydrogens is 252 g/mol.